The molecule has 1 heterocycles. The number of hydroxylamine groups is 1. The van der Waals surface area contributed by atoms with Gasteiger partial charge in [-0.2, -0.15) is 8.42 Å². The summed E-state index contributed by atoms with van der Waals surface area (Å²) in [6.07, 6.45) is 4.35. The van der Waals surface area contributed by atoms with E-state index in [9.17, 15) is 8.42 Å². The smallest absolute Gasteiger partial charge is 0.317 e. The van der Waals surface area contributed by atoms with Crippen LogP contribution in [0.15, 0.2) is 112 Å². The van der Waals surface area contributed by atoms with Crippen LogP contribution in [0.4, 0.5) is 5.69 Å². The zero-order chi connectivity index (χ0) is 29.1. The van der Waals surface area contributed by atoms with Gasteiger partial charge in [0.05, 0.1) is 17.2 Å². The predicted molar refractivity (Wildman–Crippen MR) is 165 cm³/mol. The highest BCUT2D eigenvalue weighted by Gasteiger charge is 2.28. The number of nitrogens with zero attached hydrogens (tertiary/aromatic N) is 1. The van der Waals surface area contributed by atoms with Gasteiger partial charge in [-0.1, -0.05) is 60.2 Å². The van der Waals surface area contributed by atoms with E-state index in [1.807, 2.05) is 50.2 Å². The molecule has 1 aromatic heterocycles. The van der Waals surface area contributed by atoms with Crippen LogP contribution in [0.1, 0.15) is 48.3 Å². The molecule has 1 unspecified atom stereocenters. The molecule has 0 bridgehead atoms. The highest BCUT2D eigenvalue weighted by molar-refractivity contribution is 7.86. The van der Waals surface area contributed by atoms with Crippen LogP contribution in [-0.2, 0) is 27.2 Å². The van der Waals surface area contributed by atoms with Gasteiger partial charge in [0.25, 0.3) is 0 Å². The predicted octanol–water partition coefficient (Wildman–Crippen LogP) is 8.20. The van der Waals surface area contributed by atoms with Crippen molar-refractivity contribution in [1.82, 2.24) is 0 Å². The lowest BCUT2D eigenvalue weighted by Crippen LogP contribution is -2.30. The van der Waals surface area contributed by atoms with E-state index in [1.165, 1.54) is 29.0 Å². The zero-order valence-electron chi connectivity index (χ0n) is 23.9. The van der Waals surface area contributed by atoms with Crippen LogP contribution >= 0.6 is 0 Å². The number of aryl methyl sites for hydroxylation is 3. The summed E-state index contributed by atoms with van der Waals surface area (Å²) in [4.78, 5) is 0.0934. The lowest BCUT2D eigenvalue weighted by molar-refractivity contribution is 0.241. The standard InChI is InChI=1S/C35H35NO5S/c1-25-8-20-33(21-9-25)42(37,38)41-36(31-6-4-3-5-7-31)26(2)34-23-30-17-14-28(22-35(30)40-34)11-10-27-15-18-32(19-16-27)39-24-29-12-13-29/h3-9,14-23,26,29H,10-13,24H2,1-2H3. The fourth-order valence-electron chi connectivity index (χ4n) is 4.87. The fourth-order valence-corrected chi connectivity index (χ4v) is 5.85. The van der Waals surface area contributed by atoms with Gasteiger partial charge in [0.1, 0.15) is 23.1 Å². The SMILES string of the molecule is Cc1ccc(S(=O)(=O)ON(c2ccccc2)C(C)c2cc3ccc(CCc4ccc(OCC5CC5)cc4)cc3o2)cc1. The first kappa shape index (κ1) is 28.1. The van der Waals surface area contributed by atoms with Crippen LogP contribution in [-0.4, -0.2) is 15.0 Å². The summed E-state index contributed by atoms with van der Waals surface area (Å²) < 4.78 is 44.4. The molecule has 0 N–H and O–H groups in total. The van der Waals surface area contributed by atoms with E-state index in [2.05, 4.69) is 42.5 Å². The lowest BCUT2D eigenvalue weighted by atomic mass is 10.0. The Bertz CT molecular complexity index is 1740. The second kappa shape index (κ2) is 12.0. The number of hydrogen-bond acceptors (Lipinski definition) is 6. The molecule has 1 atom stereocenters. The number of para-hydroxylation sites is 1. The first-order valence-corrected chi connectivity index (χ1v) is 15.8. The molecule has 0 spiro atoms. The van der Waals surface area contributed by atoms with E-state index < -0.39 is 16.2 Å². The summed E-state index contributed by atoms with van der Waals surface area (Å²) in [5, 5.41) is 2.35. The van der Waals surface area contributed by atoms with Gasteiger partial charge in [0.15, 0.2) is 0 Å². The second-order valence-corrected chi connectivity index (χ2v) is 12.6. The van der Waals surface area contributed by atoms with Crippen LogP contribution < -0.4 is 9.80 Å². The van der Waals surface area contributed by atoms with Gasteiger partial charge in [0.2, 0.25) is 0 Å². The first-order valence-electron chi connectivity index (χ1n) is 14.4. The third kappa shape index (κ3) is 6.69. The molecule has 1 saturated carbocycles. The van der Waals surface area contributed by atoms with Crippen LogP contribution in [0.2, 0.25) is 0 Å². The van der Waals surface area contributed by atoms with Gasteiger partial charge < -0.3 is 9.15 Å². The van der Waals surface area contributed by atoms with Crippen molar-refractivity contribution in [3.05, 3.63) is 126 Å². The first-order chi connectivity index (χ1) is 20.3. The highest BCUT2D eigenvalue weighted by atomic mass is 32.2. The number of fused-ring (bicyclic) bond motifs is 1. The van der Waals surface area contributed by atoms with Crippen molar-refractivity contribution in [2.75, 3.05) is 11.7 Å². The molecule has 0 saturated heterocycles. The molecule has 0 amide bonds. The molecule has 0 aliphatic heterocycles. The lowest BCUT2D eigenvalue weighted by Gasteiger charge is -2.27. The Morgan fingerprint density at radius 2 is 1.55 bits per heavy atom. The molecule has 6 nitrogen and oxygen atoms in total. The highest BCUT2D eigenvalue weighted by Crippen LogP contribution is 2.34. The summed E-state index contributed by atoms with van der Waals surface area (Å²) >= 11 is 0. The normalized spacial score (nSPS) is 14.1. The molecule has 7 heteroatoms. The van der Waals surface area contributed by atoms with Crippen molar-refractivity contribution in [3.8, 4) is 5.75 Å². The van der Waals surface area contributed by atoms with Crippen LogP contribution in [0.25, 0.3) is 11.0 Å². The molecule has 0 radical (unpaired) electrons. The van der Waals surface area contributed by atoms with Gasteiger partial charge >= 0.3 is 10.1 Å². The van der Waals surface area contributed by atoms with Crippen molar-refractivity contribution in [2.45, 2.75) is 50.5 Å². The van der Waals surface area contributed by atoms with Crippen molar-refractivity contribution in [2.24, 2.45) is 5.92 Å². The van der Waals surface area contributed by atoms with Gasteiger partial charge in [-0.25, -0.2) is 5.06 Å². The maximum Gasteiger partial charge on any atom is 0.317 e. The largest absolute Gasteiger partial charge is 0.493 e. The second-order valence-electron chi connectivity index (χ2n) is 11.1. The summed E-state index contributed by atoms with van der Waals surface area (Å²) in [6, 6.07) is 31.8. The number of benzene rings is 4. The van der Waals surface area contributed by atoms with E-state index in [0.29, 0.717) is 11.4 Å². The summed E-state index contributed by atoms with van der Waals surface area (Å²) in [5.41, 5.74) is 4.75. The maximum absolute atomic E-state index is 13.2. The summed E-state index contributed by atoms with van der Waals surface area (Å²) in [6.45, 7) is 4.60. The Balaban J connectivity index is 1.18. The van der Waals surface area contributed by atoms with E-state index >= 15 is 0 Å². The number of anilines is 1. The Kier molecular flexibility index (Phi) is 8.05. The van der Waals surface area contributed by atoms with Crippen molar-refractivity contribution in [3.63, 3.8) is 0 Å². The quantitative estimate of drug-likeness (QED) is 0.138. The van der Waals surface area contributed by atoms with Crippen LogP contribution in [0, 0.1) is 12.8 Å². The average Bonchev–Trinajstić information content (AvgIpc) is 3.75. The Morgan fingerprint density at radius 1 is 0.857 bits per heavy atom. The molecule has 1 aliphatic rings. The monoisotopic (exact) mass is 581 g/mol. The van der Waals surface area contributed by atoms with Gasteiger partial charge in [-0.3, -0.25) is 0 Å². The molecule has 216 valence electrons. The van der Waals surface area contributed by atoms with Gasteiger partial charge in [-0.15, -0.1) is 4.28 Å². The topological polar surface area (TPSA) is 69.0 Å². The van der Waals surface area contributed by atoms with Crippen LogP contribution in [0.5, 0.6) is 5.75 Å². The minimum Gasteiger partial charge on any atom is -0.493 e. The minimum atomic E-state index is -4.08. The number of ether oxygens (including phenoxy) is 1. The van der Waals surface area contributed by atoms with Gasteiger partial charge in [0, 0.05) is 5.39 Å². The molecule has 42 heavy (non-hydrogen) atoms. The minimum absolute atomic E-state index is 0.0934. The van der Waals surface area contributed by atoms with E-state index in [4.69, 9.17) is 13.4 Å². The molecule has 1 fully saturated rings. The number of furan rings is 1. The maximum atomic E-state index is 13.2. The Labute approximate surface area is 247 Å². The molecular formula is C35H35NO5S. The molecule has 4 aromatic carbocycles. The van der Waals surface area contributed by atoms with Crippen molar-refractivity contribution < 1.29 is 21.9 Å². The molecule has 1 aliphatic carbocycles. The van der Waals surface area contributed by atoms with Crippen molar-refractivity contribution in [1.29, 1.82) is 0 Å². The number of rotatable bonds is 12. The third-order valence-electron chi connectivity index (χ3n) is 7.67. The van der Waals surface area contributed by atoms with Crippen molar-refractivity contribution >= 4 is 26.8 Å². The fraction of sp³-hybridized carbons (Fsp3) is 0.257. The zero-order valence-corrected chi connectivity index (χ0v) is 24.7. The molecule has 6 rings (SSSR count). The van der Waals surface area contributed by atoms with E-state index in [0.717, 1.165) is 47.6 Å². The van der Waals surface area contributed by atoms with E-state index in [-0.39, 0.29) is 4.90 Å². The Morgan fingerprint density at radius 3 is 2.26 bits per heavy atom. The van der Waals surface area contributed by atoms with E-state index in [1.54, 1.807) is 24.3 Å². The summed E-state index contributed by atoms with van der Waals surface area (Å²) in [5.74, 6) is 2.28. The van der Waals surface area contributed by atoms with Crippen LogP contribution in [0.3, 0.4) is 0 Å². The average molecular weight is 582 g/mol. The Hall–Kier alpha value is -4.07. The summed E-state index contributed by atoms with van der Waals surface area (Å²) in [7, 11) is -4.08. The molecule has 5 aromatic rings. The molecular weight excluding hydrogens is 546 g/mol. The number of hydrogen-bond donors (Lipinski definition) is 0. The van der Waals surface area contributed by atoms with Gasteiger partial charge in [-0.05, 0) is 105 Å². The third-order valence-corrected chi connectivity index (χ3v) is 8.88.